The van der Waals surface area contributed by atoms with Crippen molar-refractivity contribution in [2.75, 3.05) is 12.0 Å². The lowest BCUT2D eigenvalue weighted by molar-refractivity contribution is -0.122. The van der Waals surface area contributed by atoms with Crippen molar-refractivity contribution in [2.45, 2.75) is 46.6 Å². The summed E-state index contributed by atoms with van der Waals surface area (Å²) < 4.78 is 28.0. The summed E-state index contributed by atoms with van der Waals surface area (Å²) in [4.78, 5) is 12.0. The molecule has 1 N–H and O–H groups in total. The molecule has 0 aliphatic rings. The van der Waals surface area contributed by atoms with Crippen LogP contribution in [0.25, 0.3) is 0 Å². The molecule has 1 rings (SSSR count). The molecule has 1 atom stereocenters. The van der Waals surface area contributed by atoms with Gasteiger partial charge >= 0.3 is 0 Å². The maximum Gasteiger partial charge on any atom is 0.221 e. The SMILES string of the molecule is CCc1ccc(C(NC(=O)CCS(C)(=O)=O)C(C)(C)C)o1. The van der Waals surface area contributed by atoms with Gasteiger partial charge in [-0.2, -0.15) is 0 Å². The number of amides is 1. The van der Waals surface area contributed by atoms with E-state index in [1.807, 2.05) is 39.8 Å². The molecule has 0 spiro atoms. The van der Waals surface area contributed by atoms with Gasteiger partial charge in [-0.15, -0.1) is 0 Å². The van der Waals surface area contributed by atoms with Crippen LogP contribution in [0.1, 0.15) is 51.7 Å². The van der Waals surface area contributed by atoms with Crippen LogP contribution in [-0.4, -0.2) is 26.3 Å². The van der Waals surface area contributed by atoms with Crippen LogP contribution >= 0.6 is 0 Å². The van der Waals surface area contributed by atoms with E-state index in [-0.39, 0.29) is 29.5 Å². The van der Waals surface area contributed by atoms with Gasteiger partial charge in [0, 0.05) is 19.1 Å². The Morgan fingerprint density at radius 3 is 2.38 bits per heavy atom. The first-order valence-electron chi connectivity index (χ1n) is 7.08. The Hall–Kier alpha value is -1.30. The Labute approximate surface area is 127 Å². The first kappa shape index (κ1) is 17.8. The molecule has 0 aliphatic carbocycles. The molecule has 21 heavy (non-hydrogen) atoms. The molecule has 1 amide bonds. The molecule has 1 aromatic rings. The molecule has 0 aromatic carbocycles. The Morgan fingerprint density at radius 1 is 1.33 bits per heavy atom. The summed E-state index contributed by atoms with van der Waals surface area (Å²) in [6.45, 7) is 8.01. The molecule has 0 saturated heterocycles. The smallest absolute Gasteiger partial charge is 0.221 e. The van der Waals surface area contributed by atoms with Crippen molar-refractivity contribution in [3.63, 3.8) is 0 Å². The zero-order valence-electron chi connectivity index (χ0n) is 13.4. The minimum Gasteiger partial charge on any atom is -0.464 e. The van der Waals surface area contributed by atoms with Crippen LogP contribution in [0.4, 0.5) is 0 Å². The van der Waals surface area contributed by atoms with Gasteiger partial charge < -0.3 is 9.73 Å². The topological polar surface area (TPSA) is 76.4 Å². The van der Waals surface area contributed by atoms with E-state index in [4.69, 9.17) is 4.42 Å². The van der Waals surface area contributed by atoms with E-state index >= 15 is 0 Å². The first-order chi connectivity index (χ1) is 9.53. The molecule has 0 aliphatic heterocycles. The van der Waals surface area contributed by atoms with E-state index in [0.29, 0.717) is 5.76 Å². The van der Waals surface area contributed by atoms with Crippen molar-refractivity contribution in [1.29, 1.82) is 0 Å². The number of nitrogens with one attached hydrogen (secondary N) is 1. The second-order valence-electron chi connectivity index (χ2n) is 6.40. The number of furan rings is 1. The van der Waals surface area contributed by atoms with Crippen molar-refractivity contribution >= 4 is 15.7 Å². The monoisotopic (exact) mass is 315 g/mol. The van der Waals surface area contributed by atoms with Gasteiger partial charge in [0.1, 0.15) is 21.4 Å². The van der Waals surface area contributed by atoms with Gasteiger partial charge in [0.15, 0.2) is 0 Å². The van der Waals surface area contributed by atoms with Crippen molar-refractivity contribution < 1.29 is 17.6 Å². The van der Waals surface area contributed by atoms with Crippen LogP contribution in [0, 0.1) is 5.41 Å². The highest BCUT2D eigenvalue weighted by molar-refractivity contribution is 7.90. The second-order valence-corrected chi connectivity index (χ2v) is 8.66. The third kappa shape index (κ3) is 5.91. The van der Waals surface area contributed by atoms with E-state index in [1.165, 1.54) is 0 Å². The molecule has 1 aromatic heterocycles. The predicted molar refractivity (Wildman–Crippen MR) is 82.8 cm³/mol. The summed E-state index contributed by atoms with van der Waals surface area (Å²) in [7, 11) is -3.14. The average molecular weight is 315 g/mol. The molecular formula is C15H25NO4S. The van der Waals surface area contributed by atoms with E-state index in [2.05, 4.69) is 5.32 Å². The van der Waals surface area contributed by atoms with Gasteiger partial charge in [-0.3, -0.25) is 4.79 Å². The van der Waals surface area contributed by atoms with E-state index in [9.17, 15) is 13.2 Å². The number of sulfone groups is 1. The normalized spacial score (nSPS) is 14.0. The quantitative estimate of drug-likeness (QED) is 0.875. The molecule has 0 bridgehead atoms. The molecule has 5 nitrogen and oxygen atoms in total. The third-order valence-corrected chi connectivity index (χ3v) is 4.13. The van der Waals surface area contributed by atoms with Gasteiger partial charge in [0.25, 0.3) is 0 Å². The largest absolute Gasteiger partial charge is 0.464 e. The Bertz CT molecular complexity index is 581. The summed E-state index contributed by atoms with van der Waals surface area (Å²) in [5, 5.41) is 2.89. The lowest BCUT2D eigenvalue weighted by Crippen LogP contribution is -2.37. The van der Waals surface area contributed by atoms with Crippen LogP contribution in [0.2, 0.25) is 0 Å². The van der Waals surface area contributed by atoms with Crippen LogP contribution in [0.3, 0.4) is 0 Å². The minimum atomic E-state index is -3.14. The van der Waals surface area contributed by atoms with Crippen molar-refractivity contribution in [1.82, 2.24) is 5.32 Å². The Balaban J connectivity index is 2.83. The number of carbonyl (C=O) groups excluding carboxylic acids is 1. The fourth-order valence-corrected chi connectivity index (χ4v) is 2.52. The molecular weight excluding hydrogens is 290 g/mol. The molecule has 120 valence electrons. The highest BCUT2D eigenvalue weighted by atomic mass is 32.2. The third-order valence-electron chi connectivity index (χ3n) is 3.19. The maximum atomic E-state index is 12.0. The number of carbonyl (C=O) groups is 1. The molecule has 1 unspecified atom stereocenters. The molecule has 0 fully saturated rings. The summed E-state index contributed by atoms with van der Waals surface area (Å²) in [5.41, 5.74) is -0.233. The van der Waals surface area contributed by atoms with Gasteiger partial charge in [-0.25, -0.2) is 8.42 Å². The summed E-state index contributed by atoms with van der Waals surface area (Å²) >= 11 is 0. The standard InChI is InChI=1S/C15H25NO4S/c1-6-11-7-8-12(20-11)14(15(2,3)4)16-13(17)9-10-21(5,18)19/h7-8,14H,6,9-10H2,1-5H3,(H,16,17). The van der Waals surface area contributed by atoms with Gasteiger partial charge in [0.2, 0.25) is 5.91 Å². The fourth-order valence-electron chi connectivity index (χ4n) is 1.97. The van der Waals surface area contributed by atoms with Crippen LogP contribution in [0.15, 0.2) is 16.5 Å². The summed E-state index contributed by atoms with van der Waals surface area (Å²) in [6, 6.07) is 3.48. The zero-order chi connectivity index (χ0) is 16.3. The number of hydrogen-bond donors (Lipinski definition) is 1. The molecule has 1 heterocycles. The predicted octanol–water partition coefficient (Wildman–Crippen LogP) is 2.48. The zero-order valence-corrected chi connectivity index (χ0v) is 14.2. The van der Waals surface area contributed by atoms with Crippen LogP contribution in [-0.2, 0) is 21.1 Å². The molecule has 0 saturated carbocycles. The van der Waals surface area contributed by atoms with Crippen molar-refractivity contribution in [3.05, 3.63) is 23.7 Å². The number of aryl methyl sites for hydroxylation is 1. The highest BCUT2D eigenvalue weighted by Gasteiger charge is 2.30. The number of hydrogen-bond acceptors (Lipinski definition) is 4. The fraction of sp³-hybridized carbons (Fsp3) is 0.667. The van der Waals surface area contributed by atoms with E-state index in [1.54, 1.807) is 0 Å². The first-order valence-corrected chi connectivity index (χ1v) is 9.14. The highest BCUT2D eigenvalue weighted by Crippen LogP contribution is 2.33. The van der Waals surface area contributed by atoms with Crippen molar-refractivity contribution in [3.8, 4) is 0 Å². The average Bonchev–Trinajstić information content (AvgIpc) is 2.79. The van der Waals surface area contributed by atoms with Gasteiger partial charge in [0.05, 0.1) is 11.8 Å². The Kier molecular flexibility index (Phi) is 5.61. The molecule has 0 radical (unpaired) electrons. The lowest BCUT2D eigenvalue weighted by atomic mass is 9.85. The minimum absolute atomic E-state index is 0.0350. The Morgan fingerprint density at radius 2 is 1.95 bits per heavy atom. The van der Waals surface area contributed by atoms with Gasteiger partial charge in [-0.1, -0.05) is 27.7 Å². The van der Waals surface area contributed by atoms with Crippen LogP contribution in [0.5, 0.6) is 0 Å². The summed E-state index contributed by atoms with van der Waals surface area (Å²) in [5.74, 6) is 1.14. The second kappa shape index (κ2) is 6.64. The van der Waals surface area contributed by atoms with Crippen molar-refractivity contribution in [2.24, 2.45) is 5.41 Å². The lowest BCUT2D eigenvalue weighted by Gasteiger charge is -2.30. The summed E-state index contributed by atoms with van der Waals surface area (Å²) in [6.07, 6.45) is 1.88. The van der Waals surface area contributed by atoms with E-state index < -0.39 is 9.84 Å². The van der Waals surface area contributed by atoms with Crippen LogP contribution < -0.4 is 5.32 Å². The van der Waals surface area contributed by atoms with E-state index in [0.717, 1.165) is 18.4 Å². The van der Waals surface area contributed by atoms with Gasteiger partial charge in [-0.05, 0) is 17.5 Å². The maximum absolute atomic E-state index is 12.0. The molecule has 6 heteroatoms. The number of rotatable bonds is 6.